The van der Waals surface area contributed by atoms with Gasteiger partial charge in [0.1, 0.15) is 0 Å². The minimum Gasteiger partial charge on any atom is -0.364 e. The van der Waals surface area contributed by atoms with Gasteiger partial charge >= 0.3 is 0 Å². The predicted molar refractivity (Wildman–Crippen MR) is 96.2 cm³/mol. The monoisotopic (exact) mass is 329 g/mol. The van der Waals surface area contributed by atoms with Gasteiger partial charge in [0.15, 0.2) is 11.6 Å². The average Bonchev–Trinajstić information content (AvgIpc) is 3.53. The van der Waals surface area contributed by atoms with Gasteiger partial charge in [-0.3, -0.25) is 0 Å². The van der Waals surface area contributed by atoms with Gasteiger partial charge in [-0.05, 0) is 47.9 Å². The van der Waals surface area contributed by atoms with E-state index in [0.29, 0.717) is 11.6 Å². The molecule has 0 radical (unpaired) electrons. The van der Waals surface area contributed by atoms with Crippen LogP contribution in [-0.4, -0.2) is 26.5 Å². The van der Waals surface area contributed by atoms with E-state index in [0.717, 1.165) is 31.1 Å². The minimum absolute atomic E-state index is 0.561. The Morgan fingerprint density at radius 1 is 0.880 bits per heavy atom. The third-order valence-corrected chi connectivity index (χ3v) is 5.06. The van der Waals surface area contributed by atoms with E-state index < -0.39 is 0 Å². The predicted octanol–water partition coefficient (Wildman–Crippen LogP) is 3.37. The van der Waals surface area contributed by atoms with Crippen LogP contribution in [0.5, 0.6) is 0 Å². The first-order chi connectivity index (χ1) is 12.4. The Kier molecular flexibility index (Phi) is 3.44. The first-order valence-electron chi connectivity index (χ1n) is 8.83. The minimum atomic E-state index is 0.561. The molecule has 25 heavy (non-hydrogen) atoms. The molecule has 1 aliphatic heterocycles. The van der Waals surface area contributed by atoms with Gasteiger partial charge in [-0.1, -0.05) is 18.2 Å². The molecule has 1 aliphatic carbocycles. The normalized spacial score (nSPS) is 16.6. The molecule has 0 bridgehead atoms. The van der Waals surface area contributed by atoms with Crippen LogP contribution in [0, 0.1) is 0 Å². The molecular formula is C20H19N5. The lowest BCUT2D eigenvalue weighted by Crippen LogP contribution is -2.30. The summed E-state index contributed by atoms with van der Waals surface area (Å²) in [5.41, 5.74) is 5.52. The van der Waals surface area contributed by atoms with Gasteiger partial charge in [-0.2, -0.15) is 0 Å². The van der Waals surface area contributed by atoms with Crippen molar-refractivity contribution in [3.05, 3.63) is 65.7 Å². The zero-order chi connectivity index (χ0) is 16.6. The van der Waals surface area contributed by atoms with Gasteiger partial charge in [0, 0.05) is 25.5 Å². The first kappa shape index (κ1) is 14.5. The van der Waals surface area contributed by atoms with Gasteiger partial charge in [-0.25, -0.2) is 19.9 Å². The largest absolute Gasteiger partial charge is 0.364 e. The molecule has 0 unspecified atom stereocenters. The lowest BCUT2D eigenvalue weighted by molar-refractivity contribution is 0.726. The van der Waals surface area contributed by atoms with E-state index >= 15 is 0 Å². The maximum atomic E-state index is 4.45. The Morgan fingerprint density at radius 3 is 2.40 bits per heavy atom. The summed E-state index contributed by atoms with van der Waals surface area (Å²) < 4.78 is 0. The van der Waals surface area contributed by atoms with Gasteiger partial charge in [-0.15, -0.1) is 0 Å². The van der Waals surface area contributed by atoms with Crippen LogP contribution in [0.2, 0.25) is 0 Å². The fraction of sp³-hybridized carbons (Fsp3) is 0.300. The zero-order valence-electron chi connectivity index (χ0n) is 14.0. The quantitative estimate of drug-likeness (QED) is 0.737. The van der Waals surface area contributed by atoms with Crippen LogP contribution >= 0.6 is 0 Å². The van der Waals surface area contributed by atoms with Crippen molar-refractivity contribution in [2.24, 2.45) is 0 Å². The van der Waals surface area contributed by atoms with E-state index in [9.17, 15) is 0 Å². The van der Waals surface area contributed by atoms with Crippen LogP contribution in [-0.2, 0) is 13.0 Å². The van der Waals surface area contributed by atoms with E-state index in [1.807, 2.05) is 12.4 Å². The highest BCUT2D eigenvalue weighted by atomic mass is 15.2. The molecule has 0 spiro atoms. The molecule has 5 nitrogen and oxygen atoms in total. The summed E-state index contributed by atoms with van der Waals surface area (Å²) in [5.74, 6) is 1.95. The van der Waals surface area contributed by atoms with E-state index in [2.05, 4.69) is 43.0 Å². The van der Waals surface area contributed by atoms with Gasteiger partial charge < -0.3 is 4.90 Å². The number of hydrogen-bond donors (Lipinski definition) is 0. The highest BCUT2D eigenvalue weighted by Gasteiger charge is 2.25. The Bertz CT molecular complexity index is 888. The van der Waals surface area contributed by atoms with Crippen molar-refractivity contribution in [1.29, 1.82) is 0 Å². The molecule has 1 saturated carbocycles. The Hall–Kier alpha value is -2.82. The number of rotatable bonds is 3. The number of nitrogens with zero attached hydrogens (tertiary/aromatic N) is 5. The van der Waals surface area contributed by atoms with Crippen molar-refractivity contribution in [3.8, 4) is 11.6 Å². The van der Waals surface area contributed by atoms with E-state index in [1.54, 1.807) is 18.5 Å². The fourth-order valence-electron chi connectivity index (χ4n) is 3.48. The number of fused-ring (bicyclic) bond motifs is 1. The number of hydrogen-bond acceptors (Lipinski definition) is 5. The van der Waals surface area contributed by atoms with Crippen molar-refractivity contribution < 1.29 is 0 Å². The molecule has 2 aromatic heterocycles. The number of aromatic nitrogens is 4. The molecule has 0 amide bonds. The smallest absolute Gasteiger partial charge is 0.197 e. The molecular weight excluding hydrogens is 310 g/mol. The first-order valence-corrected chi connectivity index (χ1v) is 8.83. The standard InChI is InChI=1S/C20H19N5/c1-7-21-19(22-8-1)20-23-11-18(12-24-20)25-9-6-16-10-15(14-2-3-14)4-5-17(16)13-25/h1,4-5,7-8,10-12,14H,2-3,6,9,13H2. The van der Waals surface area contributed by atoms with Crippen molar-refractivity contribution in [2.75, 3.05) is 11.4 Å². The molecule has 3 aromatic rings. The van der Waals surface area contributed by atoms with Crippen LogP contribution in [0.15, 0.2) is 49.1 Å². The summed E-state index contributed by atoms with van der Waals surface area (Å²) in [7, 11) is 0. The molecule has 0 N–H and O–H groups in total. The maximum absolute atomic E-state index is 4.45. The summed E-state index contributed by atoms with van der Waals surface area (Å²) in [5, 5.41) is 0. The van der Waals surface area contributed by atoms with Crippen molar-refractivity contribution in [2.45, 2.75) is 31.7 Å². The zero-order valence-corrected chi connectivity index (χ0v) is 14.0. The lowest BCUT2D eigenvalue weighted by atomic mass is 9.95. The van der Waals surface area contributed by atoms with Gasteiger partial charge in [0.2, 0.25) is 0 Å². The number of anilines is 1. The van der Waals surface area contributed by atoms with Crippen LogP contribution < -0.4 is 4.90 Å². The molecule has 0 atom stereocenters. The topological polar surface area (TPSA) is 54.8 Å². The van der Waals surface area contributed by atoms with Crippen LogP contribution in [0.25, 0.3) is 11.6 Å². The summed E-state index contributed by atoms with van der Waals surface area (Å²) in [4.78, 5) is 19.6. The van der Waals surface area contributed by atoms with Crippen LogP contribution in [0.3, 0.4) is 0 Å². The maximum Gasteiger partial charge on any atom is 0.197 e. The van der Waals surface area contributed by atoms with Crippen molar-refractivity contribution in [1.82, 2.24) is 19.9 Å². The highest BCUT2D eigenvalue weighted by molar-refractivity contribution is 5.51. The van der Waals surface area contributed by atoms with Crippen molar-refractivity contribution >= 4 is 5.69 Å². The molecule has 124 valence electrons. The number of benzene rings is 1. The summed E-state index contributed by atoms with van der Waals surface area (Å²) in [6.07, 6.45) is 11.0. The van der Waals surface area contributed by atoms with E-state index in [4.69, 9.17) is 0 Å². The van der Waals surface area contributed by atoms with Crippen LogP contribution in [0.4, 0.5) is 5.69 Å². The third kappa shape index (κ3) is 2.86. The van der Waals surface area contributed by atoms with E-state index in [-0.39, 0.29) is 0 Å². The second-order valence-corrected chi connectivity index (χ2v) is 6.81. The lowest BCUT2D eigenvalue weighted by Gasteiger charge is -2.30. The SMILES string of the molecule is c1cnc(-c2ncc(N3CCc4cc(C5CC5)ccc4C3)cn2)nc1. The van der Waals surface area contributed by atoms with Gasteiger partial charge in [0.05, 0.1) is 18.1 Å². The van der Waals surface area contributed by atoms with Crippen molar-refractivity contribution in [3.63, 3.8) is 0 Å². The molecule has 1 fully saturated rings. The fourth-order valence-corrected chi connectivity index (χ4v) is 3.48. The molecule has 1 aromatic carbocycles. The van der Waals surface area contributed by atoms with Crippen LogP contribution in [0.1, 0.15) is 35.4 Å². The average molecular weight is 329 g/mol. The van der Waals surface area contributed by atoms with Gasteiger partial charge in [0.25, 0.3) is 0 Å². The molecule has 5 rings (SSSR count). The second-order valence-electron chi connectivity index (χ2n) is 6.81. The molecule has 5 heteroatoms. The second kappa shape index (κ2) is 5.92. The summed E-state index contributed by atoms with van der Waals surface area (Å²) in [6.45, 7) is 1.93. The molecule has 2 aliphatic rings. The summed E-state index contributed by atoms with van der Waals surface area (Å²) in [6, 6.07) is 8.84. The Labute approximate surface area is 146 Å². The van der Waals surface area contributed by atoms with E-state index in [1.165, 1.54) is 29.5 Å². The third-order valence-electron chi connectivity index (χ3n) is 5.06. The summed E-state index contributed by atoms with van der Waals surface area (Å²) >= 11 is 0. The Morgan fingerprint density at radius 2 is 1.64 bits per heavy atom. The Balaban J connectivity index is 1.36. The molecule has 3 heterocycles. The highest BCUT2D eigenvalue weighted by Crippen LogP contribution is 2.41. The molecule has 0 saturated heterocycles.